The zero-order valence-electron chi connectivity index (χ0n) is 18.0. The van der Waals surface area contributed by atoms with Gasteiger partial charge in [0.25, 0.3) is 5.91 Å². The van der Waals surface area contributed by atoms with Crippen molar-refractivity contribution in [3.05, 3.63) is 64.0 Å². The Morgan fingerprint density at radius 3 is 2.32 bits per heavy atom. The molecule has 1 aliphatic carbocycles. The van der Waals surface area contributed by atoms with Gasteiger partial charge < -0.3 is 9.64 Å². The Hall–Kier alpha value is -2.64. The number of carbonyl (C=O) groups is 1. The van der Waals surface area contributed by atoms with Gasteiger partial charge in [-0.25, -0.2) is 8.42 Å². The van der Waals surface area contributed by atoms with E-state index in [0.29, 0.717) is 38.3 Å². The predicted octanol–water partition coefficient (Wildman–Crippen LogP) is 1.19. The molecule has 1 heterocycles. The minimum absolute atomic E-state index is 0.0439. The molecule has 2 aliphatic rings. The summed E-state index contributed by atoms with van der Waals surface area (Å²) in [5.41, 5.74) is 2.17. The molecule has 1 amide bonds. The van der Waals surface area contributed by atoms with E-state index in [0.717, 1.165) is 21.6 Å². The summed E-state index contributed by atoms with van der Waals surface area (Å²) in [5, 5.41) is 1.48. The van der Waals surface area contributed by atoms with Gasteiger partial charge in [0.05, 0.1) is 5.25 Å². The molecule has 0 saturated carbocycles. The van der Waals surface area contributed by atoms with Gasteiger partial charge in [-0.2, -0.15) is 4.31 Å². The van der Waals surface area contributed by atoms with Crippen LogP contribution in [0.25, 0.3) is 12.2 Å². The maximum absolute atomic E-state index is 13.1. The summed E-state index contributed by atoms with van der Waals surface area (Å²) in [6, 6.07) is 13.7. The monoisotopic (exact) mass is 440 g/mol. The minimum Gasteiger partial charge on any atom is -0.484 e. The average Bonchev–Trinajstić information content (AvgIpc) is 2.76. The third-order valence-corrected chi connectivity index (χ3v) is 8.00. The van der Waals surface area contributed by atoms with Crippen LogP contribution in [0.1, 0.15) is 17.5 Å². The van der Waals surface area contributed by atoms with Gasteiger partial charge in [-0.05, 0) is 54.0 Å². The van der Waals surface area contributed by atoms with E-state index in [2.05, 4.69) is 6.07 Å². The highest BCUT2D eigenvalue weighted by atomic mass is 32.2. The predicted molar refractivity (Wildman–Crippen MR) is 122 cm³/mol. The van der Waals surface area contributed by atoms with Crippen molar-refractivity contribution in [2.24, 2.45) is 0 Å². The fourth-order valence-electron chi connectivity index (χ4n) is 4.20. The smallest absolute Gasteiger partial charge is 0.260 e. The number of nitrogens with zero attached hydrogens (tertiary/aromatic N) is 2. The second kappa shape index (κ2) is 8.85. The van der Waals surface area contributed by atoms with Gasteiger partial charge in [-0.3, -0.25) is 4.79 Å². The normalized spacial score (nSPS) is 19.2. The minimum atomic E-state index is -3.46. The summed E-state index contributed by atoms with van der Waals surface area (Å²) in [6.45, 7) is 5.30. The third kappa shape index (κ3) is 4.83. The number of benzene rings is 2. The van der Waals surface area contributed by atoms with Gasteiger partial charge in [-0.15, -0.1) is 0 Å². The van der Waals surface area contributed by atoms with Crippen LogP contribution in [0.2, 0.25) is 0 Å². The Morgan fingerprint density at radius 2 is 1.65 bits per heavy atom. The van der Waals surface area contributed by atoms with Gasteiger partial charge in [0.15, 0.2) is 6.61 Å². The summed E-state index contributed by atoms with van der Waals surface area (Å²) in [6.07, 6.45) is 4.31. The van der Waals surface area contributed by atoms with E-state index in [9.17, 15) is 13.2 Å². The lowest BCUT2D eigenvalue weighted by Crippen LogP contribution is -2.53. The fraction of sp³-hybridized carbons (Fsp3) is 0.375. The first-order chi connectivity index (χ1) is 14.8. The SMILES string of the molecule is Cc1cc(C)cc(OCC(=O)N2CCN(S(=O)(=O)C3C=c4ccccc4=CC3)CC2)c1. The zero-order chi connectivity index (χ0) is 22.0. The average molecular weight is 441 g/mol. The fourth-order valence-corrected chi connectivity index (χ4v) is 5.92. The number of ether oxygens (including phenoxy) is 1. The third-order valence-electron chi connectivity index (χ3n) is 5.82. The maximum Gasteiger partial charge on any atom is 0.260 e. The molecular formula is C24H28N2O4S. The van der Waals surface area contributed by atoms with E-state index in [-0.39, 0.29) is 12.5 Å². The summed E-state index contributed by atoms with van der Waals surface area (Å²) < 4.78 is 33.5. The van der Waals surface area contributed by atoms with E-state index in [1.807, 2.05) is 62.4 Å². The van der Waals surface area contributed by atoms with E-state index >= 15 is 0 Å². The molecule has 7 heteroatoms. The van der Waals surface area contributed by atoms with Crippen LogP contribution >= 0.6 is 0 Å². The molecule has 2 aromatic rings. The van der Waals surface area contributed by atoms with Crippen molar-refractivity contribution in [3.63, 3.8) is 0 Å². The van der Waals surface area contributed by atoms with Crippen LogP contribution in [-0.4, -0.2) is 61.6 Å². The standard InChI is InChI=1S/C24H28N2O4S/c1-18-13-19(2)15-22(14-18)30-17-24(27)25-9-11-26(12-10-25)31(28,29)23-8-7-20-5-3-4-6-21(20)16-23/h3-7,13-16,23H,8-12,17H2,1-2H3. The van der Waals surface area contributed by atoms with Crippen LogP contribution < -0.4 is 15.2 Å². The second-order valence-electron chi connectivity index (χ2n) is 8.21. The van der Waals surface area contributed by atoms with Crippen molar-refractivity contribution in [3.8, 4) is 5.75 Å². The molecule has 1 aliphatic heterocycles. The van der Waals surface area contributed by atoms with Crippen LogP contribution in [0.5, 0.6) is 5.75 Å². The van der Waals surface area contributed by atoms with Gasteiger partial charge in [-0.1, -0.05) is 42.5 Å². The van der Waals surface area contributed by atoms with Crippen molar-refractivity contribution >= 4 is 28.1 Å². The molecular weight excluding hydrogens is 412 g/mol. The van der Waals surface area contributed by atoms with E-state index in [1.165, 1.54) is 4.31 Å². The van der Waals surface area contributed by atoms with E-state index in [4.69, 9.17) is 4.74 Å². The summed E-state index contributed by atoms with van der Waals surface area (Å²) in [7, 11) is -3.46. The molecule has 1 saturated heterocycles. The molecule has 164 valence electrons. The summed E-state index contributed by atoms with van der Waals surface area (Å²) >= 11 is 0. The van der Waals surface area contributed by atoms with Crippen LogP contribution in [0.15, 0.2) is 42.5 Å². The van der Waals surface area contributed by atoms with Crippen LogP contribution in [0.3, 0.4) is 0 Å². The molecule has 1 fully saturated rings. The first kappa shape index (κ1) is 21.6. The highest BCUT2D eigenvalue weighted by molar-refractivity contribution is 7.90. The molecule has 4 rings (SSSR count). The number of hydrogen-bond donors (Lipinski definition) is 0. The molecule has 1 unspecified atom stereocenters. The summed E-state index contributed by atoms with van der Waals surface area (Å²) in [5.74, 6) is 0.555. The van der Waals surface area contributed by atoms with Crippen molar-refractivity contribution in [2.45, 2.75) is 25.5 Å². The molecule has 0 radical (unpaired) electrons. The number of rotatable bonds is 5. The van der Waals surface area contributed by atoms with Gasteiger partial charge in [0.1, 0.15) is 5.75 Å². The lowest BCUT2D eigenvalue weighted by Gasteiger charge is -2.35. The second-order valence-corrected chi connectivity index (χ2v) is 10.4. The number of amides is 1. The zero-order valence-corrected chi connectivity index (χ0v) is 18.8. The largest absolute Gasteiger partial charge is 0.484 e. The topological polar surface area (TPSA) is 66.9 Å². The highest BCUT2D eigenvalue weighted by Crippen LogP contribution is 2.19. The number of hydrogen-bond acceptors (Lipinski definition) is 4. The number of sulfonamides is 1. The van der Waals surface area contributed by atoms with Crippen molar-refractivity contribution in [2.75, 3.05) is 32.8 Å². The Morgan fingerprint density at radius 1 is 1.00 bits per heavy atom. The lowest BCUT2D eigenvalue weighted by molar-refractivity contribution is -0.134. The van der Waals surface area contributed by atoms with Gasteiger partial charge >= 0.3 is 0 Å². The number of fused-ring (bicyclic) bond motifs is 1. The Bertz CT molecular complexity index is 1180. The molecule has 6 nitrogen and oxygen atoms in total. The molecule has 31 heavy (non-hydrogen) atoms. The van der Waals surface area contributed by atoms with Crippen molar-refractivity contribution in [1.29, 1.82) is 0 Å². The Kier molecular flexibility index (Phi) is 6.16. The molecule has 0 spiro atoms. The van der Waals surface area contributed by atoms with Crippen LogP contribution in [0, 0.1) is 13.8 Å². The highest BCUT2D eigenvalue weighted by Gasteiger charge is 2.34. The Labute approximate surface area is 183 Å². The van der Waals surface area contributed by atoms with Gasteiger partial charge in [0.2, 0.25) is 10.0 Å². The molecule has 2 aromatic carbocycles. The number of carbonyl (C=O) groups excluding carboxylic acids is 1. The van der Waals surface area contributed by atoms with E-state index in [1.54, 1.807) is 4.90 Å². The van der Waals surface area contributed by atoms with Crippen molar-refractivity contribution in [1.82, 2.24) is 9.21 Å². The van der Waals surface area contributed by atoms with Crippen molar-refractivity contribution < 1.29 is 17.9 Å². The molecule has 0 bridgehead atoms. The van der Waals surface area contributed by atoms with Crippen LogP contribution in [0.4, 0.5) is 0 Å². The lowest BCUT2D eigenvalue weighted by atomic mass is 10.1. The first-order valence-electron chi connectivity index (χ1n) is 10.6. The van der Waals surface area contributed by atoms with Crippen LogP contribution in [-0.2, 0) is 14.8 Å². The van der Waals surface area contributed by atoms with E-state index < -0.39 is 15.3 Å². The number of piperazine rings is 1. The Balaban J connectivity index is 1.34. The van der Waals surface area contributed by atoms with Gasteiger partial charge in [0, 0.05) is 26.2 Å². The quantitative estimate of drug-likeness (QED) is 0.701. The first-order valence-corrected chi connectivity index (χ1v) is 12.1. The molecule has 1 atom stereocenters. The molecule has 0 aromatic heterocycles. The molecule has 0 N–H and O–H groups in total. The number of aryl methyl sites for hydroxylation is 2. The maximum atomic E-state index is 13.1. The summed E-state index contributed by atoms with van der Waals surface area (Å²) in [4.78, 5) is 14.2.